The molecular formula is C18H18ClN3O3. The van der Waals surface area contributed by atoms with Crippen LogP contribution in [0.15, 0.2) is 39.5 Å². The fourth-order valence-electron chi connectivity index (χ4n) is 3.22. The summed E-state index contributed by atoms with van der Waals surface area (Å²) >= 11 is 6.44. The lowest BCUT2D eigenvalue weighted by atomic mass is 9.75. The molecule has 0 saturated heterocycles. The van der Waals surface area contributed by atoms with Crippen LogP contribution in [0.1, 0.15) is 37.0 Å². The lowest BCUT2D eigenvalue weighted by molar-refractivity contribution is -0.143. The molecule has 2 heterocycles. The van der Waals surface area contributed by atoms with Crippen molar-refractivity contribution in [3.05, 3.63) is 52.3 Å². The summed E-state index contributed by atoms with van der Waals surface area (Å²) in [6, 6.07) is 7.40. The van der Waals surface area contributed by atoms with Gasteiger partial charge in [0, 0.05) is 27.9 Å². The van der Waals surface area contributed by atoms with Crippen LogP contribution in [0, 0.1) is 12.8 Å². The van der Waals surface area contributed by atoms with Crippen molar-refractivity contribution in [3.8, 4) is 0 Å². The first kappa shape index (κ1) is 17.4. The zero-order valence-corrected chi connectivity index (χ0v) is 15.2. The van der Waals surface area contributed by atoms with E-state index in [9.17, 15) is 4.79 Å². The van der Waals surface area contributed by atoms with Gasteiger partial charge in [0.1, 0.15) is 5.92 Å². The van der Waals surface area contributed by atoms with Crippen LogP contribution in [-0.4, -0.2) is 28.9 Å². The summed E-state index contributed by atoms with van der Waals surface area (Å²) in [6.07, 6.45) is 0. The van der Waals surface area contributed by atoms with Crippen LogP contribution in [0.2, 0.25) is 5.02 Å². The van der Waals surface area contributed by atoms with Gasteiger partial charge in [0.05, 0.1) is 7.11 Å². The van der Waals surface area contributed by atoms with Crippen LogP contribution in [-0.2, 0) is 9.53 Å². The summed E-state index contributed by atoms with van der Waals surface area (Å²) in [5.74, 6) is -0.569. The predicted molar refractivity (Wildman–Crippen MR) is 94.4 cm³/mol. The van der Waals surface area contributed by atoms with Crippen molar-refractivity contribution in [1.29, 1.82) is 0 Å². The van der Waals surface area contributed by atoms with Gasteiger partial charge in [-0.1, -0.05) is 35.0 Å². The molecule has 1 aliphatic rings. The van der Waals surface area contributed by atoms with E-state index in [1.165, 1.54) is 7.11 Å². The van der Waals surface area contributed by atoms with Gasteiger partial charge in [-0.15, -0.1) is 0 Å². The highest BCUT2D eigenvalue weighted by atomic mass is 35.5. The summed E-state index contributed by atoms with van der Waals surface area (Å²) in [7, 11) is 1.36. The van der Waals surface area contributed by atoms with Crippen LogP contribution in [0.25, 0.3) is 5.57 Å². The molecular weight excluding hydrogens is 342 g/mol. The molecule has 1 aromatic heterocycles. The van der Waals surface area contributed by atoms with E-state index >= 15 is 0 Å². The lowest BCUT2D eigenvalue weighted by Crippen LogP contribution is -2.33. The average Bonchev–Trinajstić information content (AvgIpc) is 3.00. The molecule has 6 nitrogen and oxygen atoms in total. The van der Waals surface area contributed by atoms with Gasteiger partial charge in [-0.05, 0) is 32.4 Å². The van der Waals surface area contributed by atoms with Crippen molar-refractivity contribution in [3.63, 3.8) is 0 Å². The molecule has 2 unspecified atom stereocenters. The standard InChI is InChI=1S/C18H18ClN3O3/c1-9-14(17-21-11(3)22-25-17)16(12-7-5-6-8-13(12)19)15(10(2)20-9)18(23)24-4/h5-8,15-16H,1-4H3. The van der Waals surface area contributed by atoms with Crippen LogP contribution in [0.3, 0.4) is 0 Å². The third kappa shape index (κ3) is 3.09. The van der Waals surface area contributed by atoms with Gasteiger partial charge in [-0.3, -0.25) is 9.79 Å². The Kier molecular flexibility index (Phi) is 4.72. The maximum absolute atomic E-state index is 12.5. The second kappa shape index (κ2) is 6.80. The highest BCUT2D eigenvalue weighted by Gasteiger charge is 2.42. The monoisotopic (exact) mass is 359 g/mol. The quantitative estimate of drug-likeness (QED) is 0.779. The molecule has 0 spiro atoms. The number of allylic oxidation sites excluding steroid dienone is 2. The van der Waals surface area contributed by atoms with Crippen molar-refractivity contribution in [2.45, 2.75) is 26.7 Å². The summed E-state index contributed by atoms with van der Waals surface area (Å²) in [4.78, 5) is 21.4. The largest absolute Gasteiger partial charge is 0.468 e. The van der Waals surface area contributed by atoms with Gasteiger partial charge >= 0.3 is 5.97 Å². The second-order valence-corrected chi connectivity index (χ2v) is 6.31. The molecule has 1 aliphatic heterocycles. The zero-order chi connectivity index (χ0) is 18.1. The van der Waals surface area contributed by atoms with Crippen LogP contribution >= 0.6 is 11.6 Å². The summed E-state index contributed by atoms with van der Waals surface area (Å²) in [5.41, 5.74) is 2.86. The van der Waals surface area contributed by atoms with E-state index in [4.69, 9.17) is 20.9 Å². The number of ether oxygens (including phenoxy) is 1. The van der Waals surface area contributed by atoms with Gasteiger partial charge in [0.25, 0.3) is 5.89 Å². The molecule has 0 aliphatic carbocycles. The fourth-order valence-corrected chi connectivity index (χ4v) is 3.47. The van der Waals surface area contributed by atoms with Gasteiger partial charge in [-0.2, -0.15) is 4.98 Å². The van der Waals surface area contributed by atoms with E-state index in [2.05, 4.69) is 15.1 Å². The molecule has 0 bridgehead atoms. The molecule has 1 aromatic carbocycles. The van der Waals surface area contributed by atoms with Crippen LogP contribution in [0.4, 0.5) is 0 Å². The maximum atomic E-state index is 12.5. The highest BCUT2D eigenvalue weighted by molar-refractivity contribution is 6.31. The summed E-state index contributed by atoms with van der Waals surface area (Å²) in [6.45, 7) is 5.41. The Hall–Kier alpha value is -2.47. The zero-order valence-electron chi connectivity index (χ0n) is 14.4. The molecule has 2 atom stereocenters. The lowest BCUT2D eigenvalue weighted by Gasteiger charge is -2.31. The minimum Gasteiger partial charge on any atom is -0.468 e. The molecule has 2 aromatic rings. The number of rotatable bonds is 3. The number of esters is 1. The van der Waals surface area contributed by atoms with E-state index in [1.807, 2.05) is 32.0 Å². The Morgan fingerprint density at radius 2 is 1.96 bits per heavy atom. The molecule has 3 rings (SSSR count). The van der Waals surface area contributed by atoms with Crippen molar-refractivity contribution in [2.75, 3.05) is 7.11 Å². The normalized spacial score (nSPS) is 20.4. The SMILES string of the molecule is COC(=O)C1C(C)=NC(C)=C(c2nc(C)no2)C1c1ccccc1Cl. The number of benzene rings is 1. The number of carbonyl (C=O) groups is 1. The molecule has 7 heteroatoms. The maximum Gasteiger partial charge on any atom is 0.315 e. The number of nitrogens with zero attached hydrogens (tertiary/aromatic N) is 3. The van der Waals surface area contributed by atoms with E-state index in [0.717, 1.165) is 5.56 Å². The van der Waals surface area contributed by atoms with Crippen molar-refractivity contribution >= 4 is 28.9 Å². The first-order valence-electron chi connectivity index (χ1n) is 7.83. The Morgan fingerprint density at radius 1 is 1.24 bits per heavy atom. The molecule has 0 saturated carbocycles. The minimum absolute atomic E-state index is 0.338. The van der Waals surface area contributed by atoms with Crippen molar-refractivity contribution in [2.24, 2.45) is 10.9 Å². The minimum atomic E-state index is -0.615. The summed E-state index contributed by atoms with van der Waals surface area (Å²) < 4.78 is 10.4. The number of methoxy groups -OCH3 is 1. The van der Waals surface area contributed by atoms with Crippen molar-refractivity contribution < 1.29 is 14.1 Å². The molecule has 0 fully saturated rings. The Balaban J connectivity index is 2.26. The van der Waals surface area contributed by atoms with Gasteiger partial charge in [0.15, 0.2) is 5.82 Å². The topological polar surface area (TPSA) is 77.6 Å². The van der Waals surface area contributed by atoms with Gasteiger partial charge in [-0.25, -0.2) is 0 Å². The Labute approximate surface area is 150 Å². The van der Waals surface area contributed by atoms with E-state index in [-0.39, 0.29) is 5.97 Å². The third-order valence-electron chi connectivity index (χ3n) is 4.28. The number of aromatic nitrogens is 2. The predicted octanol–water partition coefficient (Wildman–Crippen LogP) is 3.81. The fraction of sp³-hybridized carbons (Fsp3) is 0.333. The van der Waals surface area contributed by atoms with Crippen LogP contribution in [0.5, 0.6) is 0 Å². The number of hydrogen-bond acceptors (Lipinski definition) is 6. The summed E-state index contributed by atoms with van der Waals surface area (Å²) in [5, 5.41) is 4.42. The number of aryl methyl sites for hydroxylation is 1. The first-order chi connectivity index (χ1) is 11.9. The van der Waals surface area contributed by atoms with Gasteiger partial charge in [0.2, 0.25) is 0 Å². The molecule has 130 valence electrons. The molecule has 25 heavy (non-hydrogen) atoms. The smallest absolute Gasteiger partial charge is 0.315 e. The van der Waals surface area contributed by atoms with E-state index in [1.54, 1.807) is 13.0 Å². The van der Waals surface area contributed by atoms with Crippen LogP contribution < -0.4 is 0 Å². The van der Waals surface area contributed by atoms with E-state index < -0.39 is 11.8 Å². The number of hydrogen-bond donors (Lipinski definition) is 0. The van der Waals surface area contributed by atoms with Crippen molar-refractivity contribution in [1.82, 2.24) is 10.1 Å². The van der Waals surface area contributed by atoms with E-state index in [0.29, 0.717) is 33.7 Å². The number of aliphatic imine (C=N–C) groups is 1. The Morgan fingerprint density at radius 3 is 2.56 bits per heavy atom. The molecule has 0 amide bonds. The molecule has 0 N–H and O–H groups in total. The highest BCUT2D eigenvalue weighted by Crippen LogP contribution is 2.45. The number of carbonyl (C=O) groups excluding carboxylic acids is 1. The average molecular weight is 360 g/mol. The molecule has 0 radical (unpaired) electrons. The first-order valence-corrected chi connectivity index (χ1v) is 8.20. The number of halogens is 1. The van der Waals surface area contributed by atoms with Gasteiger partial charge < -0.3 is 9.26 Å². The second-order valence-electron chi connectivity index (χ2n) is 5.90. The third-order valence-corrected chi connectivity index (χ3v) is 4.63. The Bertz CT molecular complexity index is 885.